The van der Waals surface area contributed by atoms with Gasteiger partial charge in [-0.1, -0.05) is 66.7 Å². The average molecular weight is 349 g/mol. The lowest BCUT2D eigenvalue weighted by molar-refractivity contribution is 0.151. The predicted octanol–water partition coefficient (Wildman–Crippen LogP) is 3.03. The van der Waals surface area contributed by atoms with Crippen LogP contribution < -0.4 is 0 Å². The summed E-state index contributed by atoms with van der Waals surface area (Å²) in [6, 6.07) is 18.6. The highest BCUT2D eigenvalue weighted by molar-refractivity contribution is 5.54. The number of aromatic amines is 1. The minimum atomic E-state index is 0.610. The molecule has 0 saturated carbocycles. The largest absolute Gasteiger partial charge is 0.383 e. The van der Waals surface area contributed by atoms with Gasteiger partial charge < -0.3 is 4.74 Å². The molecule has 0 amide bonds. The summed E-state index contributed by atoms with van der Waals surface area (Å²) in [7, 11) is 1.73. The third-order valence-corrected chi connectivity index (χ3v) is 4.05. The van der Waals surface area contributed by atoms with Gasteiger partial charge in [0.1, 0.15) is 0 Å². The van der Waals surface area contributed by atoms with E-state index in [9.17, 15) is 0 Å². The summed E-state index contributed by atoms with van der Waals surface area (Å²) in [4.78, 5) is 2.35. The molecule has 0 aliphatic rings. The first-order valence-electron chi connectivity index (χ1n) is 8.61. The molecule has 6 heteroatoms. The highest BCUT2D eigenvalue weighted by Gasteiger charge is 2.06. The van der Waals surface area contributed by atoms with E-state index in [1.807, 2.05) is 30.3 Å². The van der Waals surface area contributed by atoms with E-state index in [1.54, 1.807) is 7.11 Å². The summed E-state index contributed by atoms with van der Waals surface area (Å²) in [6.45, 7) is 3.31. The van der Waals surface area contributed by atoms with Crippen molar-refractivity contribution in [1.29, 1.82) is 0 Å². The Morgan fingerprint density at radius 2 is 1.88 bits per heavy atom. The predicted molar refractivity (Wildman–Crippen MR) is 102 cm³/mol. The number of nitrogens with one attached hydrogen (secondary N) is 1. The topological polar surface area (TPSA) is 66.9 Å². The Hall–Kier alpha value is -2.83. The van der Waals surface area contributed by atoms with E-state index in [0.717, 1.165) is 25.2 Å². The van der Waals surface area contributed by atoms with Gasteiger partial charge in [0.15, 0.2) is 0 Å². The lowest BCUT2D eigenvalue weighted by Crippen LogP contribution is -2.27. The van der Waals surface area contributed by atoms with Gasteiger partial charge >= 0.3 is 0 Å². The molecule has 26 heavy (non-hydrogen) atoms. The number of H-pyrrole nitrogens is 1. The Morgan fingerprint density at radius 1 is 1.08 bits per heavy atom. The second-order valence-electron chi connectivity index (χ2n) is 5.97. The van der Waals surface area contributed by atoms with Crippen LogP contribution in [0.2, 0.25) is 0 Å². The second kappa shape index (κ2) is 9.60. The van der Waals surface area contributed by atoms with Crippen molar-refractivity contribution in [3.05, 3.63) is 71.8 Å². The molecule has 1 N–H and O–H groups in total. The highest BCUT2D eigenvalue weighted by atomic mass is 16.5. The second-order valence-corrected chi connectivity index (χ2v) is 5.97. The number of tetrazole rings is 1. The molecule has 0 radical (unpaired) electrons. The number of rotatable bonds is 9. The van der Waals surface area contributed by atoms with Crippen LogP contribution in [0.25, 0.3) is 17.5 Å². The van der Waals surface area contributed by atoms with Gasteiger partial charge in [-0.15, -0.1) is 10.2 Å². The van der Waals surface area contributed by atoms with Gasteiger partial charge in [0.25, 0.3) is 0 Å². The minimum absolute atomic E-state index is 0.610. The van der Waals surface area contributed by atoms with Gasteiger partial charge in [-0.05, 0) is 16.3 Å². The third-order valence-electron chi connectivity index (χ3n) is 4.05. The van der Waals surface area contributed by atoms with E-state index in [4.69, 9.17) is 4.74 Å². The normalized spacial score (nSPS) is 11.5. The molecule has 0 atom stereocenters. The van der Waals surface area contributed by atoms with E-state index in [2.05, 4.69) is 61.9 Å². The first-order chi connectivity index (χ1) is 12.8. The Labute approximate surface area is 153 Å². The molecule has 6 nitrogen and oxygen atoms in total. The molecule has 0 aliphatic carbocycles. The van der Waals surface area contributed by atoms with Crippen molar-refractivity contribution in [2.75, 3.05) is 26.8 Å². The molecule has 2 aromatic carbocycles. The molecule has 0 fully saturated rings. The fourth-order valence-corrected chi connectivity index (χ4v) is 2.66. The Bertz CT molecular complexity index is 785. The number of ether oxygens (including phenoxy) is 1. The maximum absolute atomic E-state index is 5.25. The molecular formula is C20H23N5O. The first-order valence-corrected chi connectivity index (χ1v) is 8.61. The van der Waals surface area contributed by atoms with Gasteiger partial charge in [0.2, 0.25) is 5.82 Å². The van der Waals surface area contributed by atoms with Crippen molar-refractivity contribution in [3.8, 4) is 11.4 Å². The van der Waals surface area contributed by atoms with Crippen molar-refractivity contribution in [1.82, 2.24) is 25.5 Å². The number of aromatic nitrogens is 4. The van der Waals surface area contributed by atoms with Gasteiger partial charge in [-0.25, -0.2) is 0 Å². The highest BCUT2D eigenvalue weighted by Crippen LogP contribution is 2.15. The Balaban J connectivity index is 1.61. The molecule has 0 saturated heterocycles. The maximum Gasteiger partial charge on any atom is 0.204 e. The zero-order chi connectivity index (χ0) is 18.0. The smallest absolute Gasteiger partial charge is 0.204 e. The Kier molecular flexibility index (Phi) is 6.64. The molecule has 1 heterocycles. The van der Waals surface area contributed by atoms with Crippen molar-refractivity contribution >= 4 is 6.08 Å². The maximum atomic E-state index is 5.25. The number of nitrogens with zero attached hydrogens (tertiary/aromatic N) is 4. The van der Waals surface area contributed by atoms with Crippen LogP contribution in [-0.4, -0.2) is 52.3 Å². The van der Waals surface area contributed by atoms with Gasteiger partial charge in [-0.2, -0.15) is 5.21 Å². The molecular weight excluding hydrogens is 326 g/mol. The van der Waals surface area contributed by atoms with Crippen molar-refractivity contribution in [2.24, 2.45) is 0 Å². The van der Waals surface area contributed by atoms with E-state index in [1.165, 1.54) is 11.1 Å². The summed E-state index contributed by atoms with van der Waals surface area (Å²) in [5, 5.41) is 14.1. The van der Waals surface area contributed by atoms with E-state index >= 15 is 0 Å². The van der Waals surface area contributed by atoms with Crippen molar-refractivity contribution < 1.29 is 4.74 Å². The fraction of sp³-hybridized carbons (Fsp3) is 0.250. The number of hydrogen-bond acceptors (Lipinski definition) is 5. The van der Waals surface area contributed by atoms with Crippen LogP contribution in [0, 0.1) is 0 Å². The van der Waals surface area contributed by atoms with Crippen LogP contribution in [0.4, 0.5) is 0 Å². The van der Waals surface area contributed by atoms with Crippen molar-refractivity contribution in [2.45, 2.75) is 6.54 Å². The molecule has 0 unspecified atom stereocenters. The standard InChI is InChI=1S/C20H23N5O/c1-26-15-14-25(13-5-8-17-6-3-2-4-7-17)16-18-9-11-19(12-10-18)20-21-23-24-22-20/h2-12H,13-16H2,1H3,(H,21,22,23,24). The number of benzene rings is 2. The summed E-state index contributed by atoms with van der Waals surface area (Å²) >= 11 is 0. The zero-order valence-corrected chi connectivity index (χ0v) is 14.9. The van der Waals surface area contributed by atoms with Gasteiger partial charge in [-0.3, -0.25) is 4.90 Å². The van der Waals surface area contributed by atoms with E-state index < -0.39 is 0 Å². The van der Waals surface area contributed by atoms with Gasteiger partial charge in [0, 0.05) is 32.3 Å². The summed E-state index contributed by atoms with van der Waals surface area (Å²) in [5.74, 6) is 0.610. The average Bonchev–Trinajstić information content (AvgIpc) is 3.22. The third kappa shape index (κ3) is 5.34. The lowest BCUT2D eigenvalue weighted by Gasteiger charge is -2.20. The van der Waals surface area contributed by atoms with E-state index in [-0.39, 0.29) is 0 Å². The summed E-state index contributed by atoms with van der Waals surface area (Å²) in [5.41, 5.74) is 3.40. The fourth-order valence-electron chi connectivity index (χ4n) is 2.66. The lowest BCUT2D eigenvalue weighted by atomic mass is 10.1. The van der Waals surface area contributed by atoms with Crippen molar-refractivity contribution in [3.63, 3.8) is 0 Å². The summed E-state index contributed by atoms with van der Waals surface area (Å²) < 4.78 is 5.25. The first kappa shape index (κ1) is 18.0. The molecule has 1 aromatic heterocycles. The number of hydrogen-bond donors (Lipinski definition) is 1. The van der Waals surface area contributed by atoms with E-state index in [0.29, 0.717) is 12.4 Å². The van der Waals surface area contributed by atoms with Crippen LogP contribution in [0.15, 0.2) is 60.7 Å². The van der Waals surface area contributed by atoms with Crippen LogP contribution in [0.5, 0.6) is 0 Å². The molecule has 3 rings (SSSR count). The minimum Gasteiger partial charge on any atom is -0.383 e. The molecule has 134 valence electrons. The molecule has 3 aromatic rings. The van der Waals surface area contributed by atoms with Crippen LogP contribution in [0.3, 0.4) is 0 Å². The Morgan fingerprint density at radius 3 is 2.58 bits per heavy atom. The molecule has 0 spiro atoms. The van der Waals surface area contributed by atoms with Crippen LogP contribution >= 0.6 is 0 Å². The zero-order valence-electron chi connectivity index (χ0n) is 14.9. The van der Waals surface area contributed by atoms with Crippen LogP contribution in [-0.2, 0) is 11.3 Å². The molecule has 0 aliphatic heterocycles. The quantitative estimate of drug-likeness (QED) is 0.643. The molecule has 0 bridgehead atoms. The summed E-state index contributed by atoms with van der Waals surface area (Å²) in [6.07, 6.45) is 4.35. The van der Waals surface area contributed by atoms with Crippen LogP contribution in [0.1, 0.15) is 11.1 Å². The monoisotopic (exact) mass is 349 g/mol. The SMILES string of the molecule is COCCN(CC=Cc1ccccc1)Cc1ccc(-c2nn[nH]n2)cc1. The van der Waals surface area contributed by atoms with Gasteiger partial charge in [0.05, 0.1) is 6.61 Å². The number of methoxy groups -OCH3 is 1.